The number of hydrogen-bond acceptors (Lipinski definition) is 3. The molecule has 1 unspecified atom stereocenters. The predicted molar refractivity (Wildman–Crippen MR) is 58.4 cm³/mol. The van der Waals surface area contributed by atoms with E-state index >= 15 is 0 Å². The smallest absolute Gasteiger partial charge is 0.326 e. The number of carbonyl (C=O) groups excluding carboxylic acids is 1. The van der Waals surface area contributed by atoms with E-state index in [0.29, 0.717) is 12.3 Å². The molecular formula is C11H17NO5. The SMILES string of the molecule is O=C(O)CCC(NC(=O)CC1CCC1)C(=O)O. The van der Waals surface area contributed by atoms with Crippen molar-refractivity contribution in [3.63, 3.8) is 0 Å². The van der Waals surface area contributed by atoms with E-state index in [1.54, 1.807) is 0 Å². The van der Waals surface area contributed by atoms with E-state index in [1.165, 1.54) is 0 Å². The molecule has 0 saturated heterocycles. The maximum absolute atomic E-state index is 11.5. The molecule has 0 spiro atoms. The summed E-state index contributed by atoms with van der Waals surface area (Å²) in [7, 11) is 0. The number of carboxylic acid groups (broad SMARTS) is 2. The molecule has 0 heterocycles. The van der Waals surface area contributed by atoms with E-state index in [0.717, 1.165) is 19.3 Å². The van der Waals surface area contributed by atoms with E-state index < -0.39 is 18.0 Å². The number of carboxylic acids is 2. The van der Waals surface area contributed by atoms with Gasteiger partial charge in [-0.05, 0) is 25.2 Å². The van der Waals surface area contributed by atoms with Crippen LogP contribution >= 0.6 is 0 Å². The molecule has 0 aliphatic heterocycles. The van der Waals surface area contributed by atoms with Gasteiger partial charge in [0.1, 0.15) is 6.04 Å². The largest absolute Gasteiger partial charge is 0.481 e. The molecule has 0 bridgehead atoms. The minimum absolute atomic E-state index is 0.0823. The Labute approximate surface area is 99.0 Å². The van der Waals surface area contributed by atoms with Crippen molar-refractivity contribution in [2.45, 2.75) is 44.6 Å². The first-order valence-electron chi connectivity index (χ1n) is 5.73. The third kappa shape index (κ3) is 4.84. The van der Waals surface area contributed by atoms with Crippen LogP contribution in [0.5, 0.6) is 0 Å². The van der Waals surface area contributed by atoms with Crippen molar-refractivity contribution in [3.05, 3.63) is 0 Å². The summed E-state index contributed by atoms with van der Waals surface area (Å²) in [6.45, 7) is 0. The minimum atomic E-state index is -1.19. The summed E-state index contributed by atoms with van der Waals surface area (Å²) in [6.07, 6.45) is 3.15. The maximum Gasteiger partial charge on any atom is 0.326 e. The lowest BCUT2D eigenvalue weighted by Crippen LogP contribution is -2.42. The highest BCUT2D eigenvalue weighted by Gasteiger charge is 2.24. The van der Waals surface area contributed by atoms with Gasteiger partial charge in [-0.3, -0.25) is 9.59 Å². The van der Waals surface area contributed by atoms with Gasteiger partial charge in [-0.2, -0.15) is 0 Å². The van der Waals surface area contributed by atoms with Crippen LogP contribution in [0, 0.1) is 5.92 Å². The Hall–Kier alpha value is -1.59. The first kappa shape index (κ1) is 13.5. The van der Waals surface area contributed by atoms with Crippen molar-refractivity contribution in [1.82, 2.24) is 5.32 Å². The number of hydrogen-bond donors (Lipinski definition) is 3. The molecule has 0 aromatic carbocycles. The molecular weight excluding hydrogens is 226 g/mol. The molecule has 1 amide bonds. The molecule has 1 fully saturated rings. The van der Waals surface area contributed by atoms with Gasteiger partial charge in [-0.25, -0.2) is 4.79 Å². The Kier molecular flexibility index (Phi) is 4.93. The number of amides is 1. The fraction of sp³-hybridized carbons (Fsp3) is 0.727. The summed E-state index contributed by atoms with van der Waals surface area (Å²) in [5.41, 5.74) is 0. The molecule has 0 radical (unpaired) electrons. The molecule has 3 N–H and O–H groups in total. The molecule has 96 valence electrons. The van der Waals surface area contributed by atoms with E-state index in [-0.39, 0.29) is 18.7 Å². The molecule has 0 aromatic heterocycles. The zero-order chi connectivity index (χ0) is 12.8. The van der Waals surface area contributed by atoms with Gasteiger partial charge in [-0.15, -0.1) is 0 Å². The van der Waals surface area contributed by atoms with Gasteiger partial charge in [-0.1, -0.05) is 6.42 Å². The summed E-state index contributed by atoms with van der Waals surface area (Å²) in [4.78, 5) is 32.6. The maximum atomic E-state index is 11.5. The van der Waals surface area contributed by atoms with Gasteiger partial charge in [0, 0.05) is 12.8 Å². The molecule has 17 heavy (non-hydrogen) atoms. The Morgan fingerprint density at radius 3 is 2.29 bits per heavy atom. The van der Waals surface area contributed by atoms with E-state index in [2.05, 4.69) is 5.32 Å². The number of carbonyl (C=O) groups is 3. The Morgan fingerprint density at radius 2 is 1.88 bits per heavy atom. The van der Waals surface area contributed by atoms with Gasteiger partial charge < -0.3 is 15.5 Å². The van der Waals surface area contributed by atoms with Gasteiger partial charge in [0.15, 0.2) is 0 Å². The van der Waals surface area contributed by atoms with Crippen LogP contribution in [-0.2, 0) is 14.4 Å². The topological polar surface area (TPSA) is 104 Å². The summed E-state index contributed by atoms with van der Waals surface area (Å²) < 4.78 is 0. The fourth-order valence-electron chi connectivity index (χ4n) is 1.74. The van der Waals surface area contributed by atoms with Crippen LogP contribution in [0.1, 0.15) is 38.5 Å². The fourth-order valence-corrected chi connectivity index (χ4v) is 1.74. The van der Waals surface area contributed by atoms with Crippen molar-refractivity contribution in [2.24, 2.45) is 5.92 Å². The number of nitrogens with one attached hydrogen (secondary N) is 1. The first-order valence-corrected chi connectivity index (χ1v) is 5.73. The Morgan fingerprint density at radius 1 is 1.24 bits per heavy atom. The Bertz CT molecular complexity index is 311. The molecule has 1 aliphatic rings. The highest BCUT2D eigenvalue weighted by molar-refractivity contribution is 5.84. The Balaban J connectivity index is 2.33. The third-order valence-corrected chi connectivity index (χ3v) is 2.98. The lowest BCUT2D eigenvalue weighted by Gasteiger charge is -2.25. The zero-order valence-corrected chi connectivity index (χ0v) is 9.52. The monoisotopic (exact) mass is 243 g/mol. The van der Waals surface area contributed by atoms with Crippen molar-refractivity contribution in [2.75, 3.05) is 0 Å². The van der Waals surface area contributed by atoms with Crippen molar-refractivity contribution in [1.29, 1.82) is 0 Å². The van der Waals surface area contributed by atoms with Crippen LogP contribution in [-0.4, -0.2) is 34.1 Å². The van der Waals surface area contributed by atoms with E-state index in [1.807, 2.05) is 0 Å². The molecule has 1 saturated carbocycles. The lowest BCUT2D eigenvalue weighted by molar-refractivity contribution is -0.143. The second-order valence-corrected chi connectivity index (χ2v) is 4.39. The second-order valence-electron chi connectivity index (χ2n) is 4.39. The first-order chi connectivity index (χ1) is 7.99. The summed E-state index contributed by atoms with van der Waals surface area (Å²) in [5.74, 6) is -2.19. The highest BCUT2D eigenvalue weighted by Crippen LogP contribution is 2.29. The lowest BCUT2D eigenvalue weighted by atomic mass is 9.83. The van der Waals surface area contributed by atoms with E-state index in [4.69, 9.17) is 10.2 Å². The van der Waals surface area contributed by atoms with Crippen LogP contribution in [0.3, 0.4) is 0 Å². The van der Waals surface area contributed by atoms with Crippen LogP contribution in [0.25, 0.3) is 0 Å². The molecule has 1 rings (SSSR count). The van der Waals surface area contributed by atoms with Crippen LogP contribution in [0.15, 0.2) is 0 Å². The number of rotatable bonds is 7. The number of aliphatic carboxylic acids is 2. The summed E-state index contributed by atoms with van der Waals surface area (Å²) in [6, 6.07) is -1.10. The van der Waals surface area contributed by atoms with Gasteiger partial charge in [0.05, 0.1) is 0 Å². The van der Waals surface area contributed by atoms with Gasteiger partial charge in [0.2, 0.25) is 5.91 Å². The van der Waals surface area contributed by atoms with Gasteiger partial charge >= 0.3 is 11.9 Å². The highest BCUT2D eigenvalue weighted by atomic mass is 16.4. The summed E-state index contributed by atoms with van der Waals surface area (Å²) in [5, 5.41) is 19.7. The molecule has 0 aromatic rings. The van der Waals surface area contributed by atoms with Crippen LogP contribution in [0.2, 0.25) is 0 Å². The predicted octanol–water partition coefficient (Wildman–Crippen LogP) is 0.611. The van der Waals surface area contributed by atoms with Crippen molar-refractivity contribution in [3.8, 4) is 0 Å². The van der Waals surface area contributed by atoms with Crippen molar-refractivity contribution >= 4 is 17.8 Å². The molecule has 6 nitrogen and oxygen atoms in total. The molecule has 1 atom stereocenters. The average molecular weight is 243 g/mol. The van der Waals surface area contributed by atoms with Gasteiger partial charge in [0.25, 0.3) is 0 Å². The van der Waals surface area contributed by atoms with Crippen LogP contribution in [0.4, 0.5) is 0 Å². The second kappa shape index (κ2) is 6.22. The van der Waals surface area contributed by atoms with Crippen molar-refractivity contribution < 1.29 is 24.6 Å². The standard InChI is InChI=1S/C11H17NO5/c13-9(6-7-2-1-3-7)12-8(11(16)17)4-5-10(14)15/h7-8H,1-6H2,(H,12,13)(H,14,15)(H,16,17). The summed E-state index contributed by atoms with van der Waals surface area (Å²) >= 11 is 0. The van der Waals surface area contributed by atoms with E-state index in [9.17, 15) is 14.4 Å². The zero-order valence-electron chi connectivity index (χ0n) is 9.52. The van der Waals surface area contributed by atoms with Crippen LogP contribution < -0.4 is 5.32 Å². The quantitative estimate of drug-likeness (QED) is 0.607. The third-order valence-electron chi connectivity index (χ3n) is 2.98. The average Bonchev–Trinajstić information content (AvgIpc) is 2.17. The minimum Gasteiger partial charge on any atom is -0.481 e. The normalized spacial score (nSPS) is 16.9. The molecule has 1 aliphatic carbocycles. The molecule has 6 heteroatoms.